The van der Waals surface area contributed by atoms with Gasteiger partial charge < -0.3 is 5.32 Å². The molecule has 0 radical (unpaired) electrons. The van der Waals surface area contributed by atoms with E-state index in [-0.39, 0.29) is 22.4 Å². The van der Waals surface area contributed by atoms with E-state index in [1.165, 1.54) is 16.4 Å². The van der Waals surface area contributed by atoms with Crippen molar-refractivity contribution in [2.45, 2.75) is 50.6 Å². The zero-order valence-corrected chi connectivity index (χ0v) is 17.4. The molecule has 2 aromatic carbocycles. The number of carbonyl (C=O) groups excluding carboxylic acids is 1. The molecule has 0 saturated heterocycles. The fourth-order valence-corrected chi connectivity index (χ4v) is 5.06. The third kappa shape index (κ3) is 3.96. The lowest BCUT2D eigenvalue weighted by molar-refractivity contribution is 0.0919. The summed E-state index contributed by atoms with van der Waals surface area (Å²) < 4.78 is 27.7. The van der Waals surface area contributed by atoms with E-state index >= 15 is 0 Å². The zero-order chi connectivity index (χ0) is 20.0. The first kappa shape index (κ1) is 19.7. The smallest absolute Gasteiger partial charge is 0.264 e. The van der Waals surface area contributed by atoms with Crippen molar-refractivity contribution in [1.29, 1.82) is 0 Å². The molecule has 0 aliphatic carbocycles. The largest absolute Gasteiger partial charge is 0.347 e. The number of nitrogens with zero attached hydrogens (tertiary/aromatic N) is 1. The van der Waals surface area contributed by atoms with E-state index < -0.39 is 10.0 Å². The van der Waals surface area contributed by atoms with Crippen LogP contribution in [0.5, 0.6) is 0 Å². The van der Waals surface area contributed by atoms with Gasteiger partial charge in [0.1, 0.15) is 0 Å². The normalized spacial score (nSPS) is 16.9. The minimum atomic E-state index is -3.71. The Balaban J connectivity index is 1.96. The zero-order valence-electron chi connectivity index (χ0n) is 15.8. The maximum Gasteiger partial charge on any atom is 0.264 e. The SMILES string of the molecule is C[C@H]1Cc2cc(C(=O)NC(C)(C)C)ccc2N1S(=O)(=O)c1ccc(Cl)cc1. The van der Waals surface area contributed by atoms with Gasteiger partial charge in [0.05, 0.1) is 10.6 Å². The molecule has 0 unspecified atom stereocenters. The number of rotatable bonds is 3. The number of benzene rings is 2. The Morgan fingerprint density at radius 1 is 1.15 bits per heavy atom. The summed E-state index contributed by atoms with van der Waals surface area (Å²) in [6, 6.07) is 11.1. The number of halogens is 1. The lowest BCUT2D eigenvalue weighted by atomic mass is 10.0. The Hall–Kier alpha value is -2.05. The molecule has 1 aliphatic rings. The molecule has 1 aliphatic heterocycles. The van der Waals surface area contributed by atoms with Gasteiger partial charge in [0, 0.05) is 22.2 Å². The Morgan fingerprint density at radius 2 is 1.78 bits per heavy atom. The summed E-state index contributed by atoms with van der Waals surface area (Å²) in [5.74, 6) is -0.169. The van der Waals surface area contributed by atoms with Crippen molar-refractivity contribution in [1.82, 2.24) is 5.32 Å². The van der Waals surface area contributed by atoms with Crippen molar-refractivity contribution in [3.8, 4) is 0 Å². The van der Waals surface area contributed by atoms with Crippen LogP contribution in [-0.4, -0.2) is 25.9 Å². The van der Waals surface area contributed by atoms with Gasteiger partial charge in [-0.2, -0.15) is 0 Å². The van der Waals surface area contributed by atoms with E-state index in [9.17, 15) is 13.2 Å². The molecule has 1 amide bonds. The molecule has 7 heteroatoms. The van der Waals surface area contributed by atoms with Crippen molar-refractivity contribution in [3.63, 3.8) is 0 Å². The minimum Gasteiger partial charge on any atom is -0.347 e. The molecule has 0 bridgehead atoms. The highest BCUT2D eigenvalue weighted by molar-refractivity contribution is 7.92. The lowest BCUT2D eigenvalue weighted by Gasteiger charge is -2.24. The van der Waals surface area contributed by atoms with Crippen LogP contribution in [0.3, 0.4) is 0 Å². The molecular formula is C20H23ClN2O3S. The van der Waals surface area contributed by atoms with Crippen molar-refractivity contribution in [3.05, 3.63) is 58.6 Å². The summed E-state index contributed by atoms with van der Waals surface area (Å²) in [5.41, 5.74) is 1.65. The molecule has 144 valence electrons. The third-order valence-corrected chi connectivity index (χ3v) is 6.55. The highest BCUT2D eigenvalue weighted by Gasteiger charge is 2.36. The van der Waals surface area contributed by atoms with Crippen LogP contribution in [0, 0.1) is 0 Å². The van der Waals surface area contributed by atoms with Gasteiger partial charge in [0.25, 0.3) is 15.9 Å². The fraction of sp³-hybridized carbons (Fsp3) is 0.350. The van der Waals surface area contributed by atoms with E-state index in [1.807, 2.05) is 27.7 Å². The van der Waals surface area contributed by atoms with Crippen molar-refractivity contribution >= 4 is 33.2 Å². The molecule has 3 rings (SSSR count). The average Bonchev–Trinajstić information content (AvgIpc) is 2.89. The quantitative estimate of drug-likeness (QED) is 0.837. The number of hydrogen-bond acceptors (Lipinski definition) is 3. The molecule has 2 aromatic rings. The van der Waals surface area contributed by atoms with E-state index in [0.717, 1.165) is 5.56 Å². The van der Waals surface area contributed by atoms with E-state index in [4.69, 9.17) is 11.6 Å². The molecule has 1 heterocycles. The van der Waals surface area contributed by atoms with Crippen LogP contribution in [0.2, 0.25) is 5.02 Å². The van der Waals surface area contributed by atoms with Gasteiger partial charge in [-0.3, -0.25) is 9.10 Å². The van der Waals surface area contributed by atoms with Crippen LogP contribution in [-0.2, 0) is 16.4 Å². The van der Waals surface area contributed by atoms with E-state index in [1.54, 1.807) is 30.3 Å². The third-order valence-electron chi connectivity index (χ3n) is 4.35. The van der Waals surface area contributed by atoms with Gasteiger partial charge in [0.2, 0.25) is 0 Å². The number of hydrogen-bond donors (Lipinski definition) is 1. The average molecular weight is 407 g/mol. The predicted molar refractivity (Wildman–Crippen MR) is 108 cm³/mol. The number of anilines is 1. The highest BCUT2D eigenvalue weighted by Crippen LogP contribution is 2.37. The van der Waals surface area contributed by atoms with Crippen LogP contribution in [0.4, 0.5) is 5.69 Å². The molecular weight excluding hydrogens is 384 g/mol. The summed E-state index contributed by atoms with van der Waals surface area (Å²) in [5, 5.41) is 3.41. The molecule has 5 nitrogen and oxygen atoms in total. The number of fused-ring (bicyclic) bond motifs is 1. The molecule has 0 fully saturated rings. The monoisotopic (exact) mass is 406 g/mol. The van der Waals surface area contributed by atoms with Crippen LogP contribution >= 0.6 is 11.6 Å². The Labute approximate surface area is 165 Å². The second-order valence-corrected chi connectivity index (χ2v) is 10.1. The standard InChI is InChI=1S/C20H23ClN2O3S/c1-13-11-15-12-14(19(24)22-20(2,3)4)5-10-18(15)23(13)27(25,26)17-8-6-16(21)7-9-17/h5-10,12-13H,11H2,1-4H3,(H,22,24)/t13-/m0/s1. The Bertz CT molecular complexity index is 979. The van der Waals surface area contributed by atoms with Crippen LogP contribution < -0.4 is 9.62 Å². The van der Waals surface area contributed by atoms with Crippen molar-refractivity contribution in [2.24, 2.45) is 0 Å². The summed E-state index contributed by atoms with van der Waals surface area (Å²) in [4.78, 5) is 12.6. The first-order valence-electron chi connectivity index (χ1n) is 8.74. The number of nitrogens with one attached hydrogen (secondary N) is 1. The van der Waals surface area contributed by atoms with Gasteiger partial charge in [-0.1, -0.05) is 11.6 Å². The Morgan fingerprint density at radius 3 is 2.37 bits per heavy atom. The lowest BCUT2D eigenvalue weighted by Crippen LogP contribution is -2.40. The molecule has 0 saturated carbocycles. The van der Waals surface area contributed by atoms with Gasteiger partial charge in [0.15, 0.2) is 0 Å². The van der Waals surface area contributed by atoms with Crippen LogP contribution in [0.25, 0.3) is 0 Å². The highest BCUT2D eigenvalue weighted by atomic mass is 35.5. The predicted octanol–water partition coefficient (Wildman–Crippen LogP) is 4.01. The molecule has 1 atom stereocenters. The first-order chi connectivity index (χ1) is 12.5. The minimum absolute atomic E-state index is 0.169. The molecule has 1 N–H and O–H groups in total. The van der Waals surface area contributed by atoms with E-state index in [0.29, 0.717) is 22.7 Å². The number of sulfonamides is 1. The molecule has 0 spiro atoms. The van der Waals surface area contributed by atoms with Crippen molar-refractivity contribution in [2.75, 3.05) is 4.31 Å². The number of amides is 1. The van der Waals surface area contributed by atoms with Gasteiger partial charge >= 0.3 is 0 Å². The second kappa shape index (κ2) is 6.84. The fourth-order valence-electron chi connectivity index (χ4n) is 3.24. The topological polar surface area (TPSA) is 66.5 Å². The van der Waals surface area contributed by atoms with Gasteiger partial charge in [-0.05, 0) is 82.1 Å². The Kier molecular flexibility index (Phi) is 4.99. The first-order valence-corrected chi connectivity index (χ1v) is 10.6. The van der Waals surface area contributed by atoms with Crippen LogP contribution in [0.15, 0.2) is 47.4 Å². The molecule has 27 heavy (non-hydrogen) atoms. The summed E-state index contributed by atoms with van der Waals surface area (Å²) >= 11 is 5.88. The van der Waals surface area contributed by atoms with Gasteiger partial charge in [-0.25, -0.2) is 8.42 Å². The van der Waals surface area contributed by atoms with Gasteiger partial charge in [-0.15, -0.1) is 0 Å². The van der Waals surface area contributed by atoms with Crippen LogP contribution in [0.1, 0.15) is 43.6 Å². The summed E-state index contributed by atoms with van der Waals surface area (Å²) in [7, 11) is -3.71. The summed E-state index contributed by atoms with van der Waals surface area (Å²) in [6.07, 6.45) is 0.554. The maximum atomic E-state index is 13.1. The van der Waals surface area contributed by atoms with E-state index in [2.05, 4.69) is 5.32 Å². The molecule has 0 aromatic heterocycles. The maximum absolute atomic E-state index is 13.1. The summed E-state index contributed by atoms with van der Waals surface area (Å²) in [6.45, 7) is 7.62. The second-order valence-electron chi connectivity index (χ2n) is 7.86. The van der Waals surface area contributed by atoms with Crippen molar-refractivity contribution < 1.29 is 13.2 Å². The number of carbonyl (C=O) groups is 1.